The van der Waals surface area contributed by atoms with Crippen LogP contribution in [0.2, 0.25) is 0 Å². The summed E-state index contributed by atoms with van der Waals surface area (Å²) in [5.41, 5.74) is 0.945. The SMILES string of the molecule is CC(C)C(=O)Nc1ccccc1N=C=O. The number of amides is 1. The Balaban J connectivity index is 2.94. The van der Waals surface area contributed by atoms with Gasteiger partial charge in [0.05, 0.1) is 11.4 Å². The van der Waals surface area contributed by atoms with Crippen LogP contribution in [-0.2, 0) is 9.59 Å². The number of aliphatic imine (C=N–C) groups is 1. The molecule has 1 rings (SSSR count). The predicted octanol–water partition coefficient (Wildman–Crippen LogP) is 2.25. The Morgan fingerprint density at radius 3 is 2.67 bits per heavy atom. The van der Waals surface area contributed by atoms with Gasteiger partial charge >= 0.3 is 0 Å². The summed E-state index contributed by atoms with van der Waals surface area (Å²) < 4.78 is 0. The molecule has 0 aromatic heterocycles. The molecule has 1 N–H and O–H groups in total. The lowest BCUT2D eigenvalue weighted by atomic mass is 10.2. The first-order valence-electron chi connectivity index (χ1n) is 4.63. The van der Waals surface area contributed by atoms with Crippen LogP contribution in [0.4, 0.5) is 11.4 Å². The standard InChI is InChI=1S/C11H12N2O2/c1-8(2)11(15)13-10-6-4-3-5-9(10)12-7-14/h3-6,8H,1-2H3,(H,13,15). The van der Waals surface area contributed by atoms with E-state index in [1.165, 1.54) is 6.08 Å². The minimum atomic E-state index is -0.113. The molecule has 0 aliphatic carbocycles. The van der Waals surface area contributed by atoms with E-state index in [9.17, 15) is 9.59 Å². The van der Waals surface area contributed by atoms with Crippen molar-refractivity contribution in [1.29, 1.82) is 0 Å². The fraction of sp³-hybridized carbons (Fsp3) is 0.273. The highest BCUT2D eigenvalue weighted by atomic mass is 16.1. The van der Waals surface area contributed by atoms with Crippen LogP contribution < -0.4 is 5.32 Å². The number of nitrogens with one attached hydrogen (secondary N) is 1. The number of rotatable bonds is 3. The van der Waals surface area contributed by atoms with Crippen molar-refractivity contribution in [3.8, 4) is 0 Å². The summed E-state index contributed by atoms with van der Waals surface area (Å²) in [5.74, 6) is -0.221. The summed E-state index contributed by atoms with van der Waals surface area (Å²) in [6.45, 7) is 3.59. The molecule has 0 aliphatic heterocycles. The first kappa shape index (κ1) is 11.1. The van der Waals surface area contributed by atoms with Crippen molar-refractivity contribution in [1.82, 2.24) is 0 Å². The summed E-state index contributed by atoms with van der Waals surface area (Å²) in [5, 5.41) is 2.68. The van der Waals surface area contributed by atoms with E-state index in [1.54, 1.807) is 38.1 Å². The van der Waals surface area contributed by atoms with Crippen molar-refractivity contribution in [2.75, 3.05) is 5.32 Å². The monoisotopic (exact) mass is 204 g/mol. The molecule has 0 saturated heterocycles. The third kappa shape index (κ3) is 3.04. The topological polar surface area (TPSA) is 58.5 Å². The van der Waals surface area contributed by atoms with Crippen LogP contribution >= 0.6 is 0 Å². The first-order chi connectivity index (χ1) is 7.15. The third-order valence-corrected chi connectivity index (χ3v) is 1.85. The Morgan fingerprint density at radius 1 is 1.40 bits per heavy atom. The number of benzene rings is 1. The molecule has 0 radical (unpaired) electrons. The van der Waals surface area contributed by atoms with Crippen LogP contribution in [0.3, 0.4) is 0 Å². The molecule has 4 heteroatoms. The van der Waals surface area contributed by atoms with Crippen molar-refractivity contribution in [3.05, 3.63) is 24.3 Å². The van der Waals surface area contributed by atoms with Crippen molar-refractivity contribution >= 4 is 23.4 Å². The number of hydrogen-bond acceptors (Lipinski definition) is 3. The van der Waals surface area contributed by atoms with Crippen molar-refractivity contribution in [2.24, 2.45) is 10.9 Å². The number of isocyanates is 1. The molecule has 1 aromatic carbocycles. The Morgan fingerprint density at radius 2 is 2.07 bits per heavy atom. The molecule has 1 amide bonds. The van der Waals surface area contributed by atoms with Gasteiger partial charge < -0.3 is 5.32 Å². The zero-order chi connectivity index (χ0) is 11.3. The van der Waals surface area contributed by atoms with Gasteiger partial charge in [0.15, 0.2) is 0 Å². The van der Waals surface area contributed by atoms with Gasteiger partial charge in [0, 0.05) is 5.92 Å². The summed E-state index contributed by atoms with van der Waals surface area (Å²) in [7, 11) is 0. The van der Waals surface area contributed by atoms with E-state index in [4.69, 9.17) is 0 Å². The number of para-hydroxylation sites is 2. The van der Waals surface area contributed by atoms with E-state index in [0.717, 1.165) is 0 Å². The van der Waals surface area contributed by atoms with E-state index in [0.29, 0.717) is 11.4 Å². The molecule has 0 bridgehead atoms. The van der Waals surface area contributed by atoms with Crippen LogP contribution in [0.5, 0.6) is 0 Å². The molecule has 0 unspecified atom stereocenters. The molecular weight excluding hydrogens is 192 g/mol. The average molecular weight is 204 g/mol. The van der Waals surface area contributed by atoms with Gasteiger partial charge in [-0.05, 0) is 12.1 Å². The predicted molar refractivity (Wildman–Crippen MR) is 57.7 cm³/mol. The molecule has 0 fully saturated rings. The summed E-state index contributed by atoms with van der Waals surface area (Å²) >= 11 is 0. The molecule has 0 aliphatic rings. The maximum atomic E-state index is 11.4. The molecule has 1 aromatic rings. The molecular formula is C11H12N2O2. The Labute approximate surface area is 88.0 Å². The minimum absolute atomic E-state index is 0.108. The van der Waals surface area contributed by atoms with Crippen molar-refractivity contribution in [2.45, 2.75) is 13.8 Å². The fourth-order valence-corrected chi connectivity index (χ4v) is 1.00. The quantitative estimate of drug-likeness (QED) is 0.606. The average Bonchev–Trinajstić information content (AvgIpc) is 2.21. The minimum Gasteiger partial charge on any atom is -0.324 e. The van der Waals surface area contributed by atoms with E-state index < -0.39 is 0 Å². The zero-order valence-electron chi connectivity index (χ0n) is 8.65. The highest BCUT2D eigenvalue weighted by Gasteiger charge is 2.09. The van der Waals surface area contributed by atoms with Crippen LogP contribution in [0.25, 0.3) is 0 Å². The molecule has 15 heavy (non-hydrogen) atoms. The number of carbonyl (C=O) groups is 1. The lowest BCUT2D eigenvalue weighted by Gasteiger charge is -2.08. The molecule has 0 saturated carbocycles. The van der Waals surface area contributed by atoms with Crippen molar-refractivity contribution in [3.63, 3.8) is 0 Å². The van der Waals surface area contributed by atoms with Gasteiger partial charge in [-0.15, -0.1) is 0 Å². The second-order valence-electron chi connectivity index (χ2n) is 3.36. The van der Waals surface area contributed by atoms with Gasteiger partial charge in [0.1, 0.15) is 0 Å². The maximum absolute atomic E-state index is 11.4. The number of carbonyl (C=O) groups excluding carboxylic acids is 2. The first-order valence-corrected chi connectivity index (χ1v) is 4.63. The number of anilines is 1. The molecule has 0 spiro atoms. The van der Waals surface area contributed by atoms with E-state index in [-0.39, 0.29) is 11.8 Å². The summed E-state index contributed by atoms with van der Waals surface area (Å²) in [4.78, 5) is 25.1. The Hall–Kier alpha value is -1.93. The van der Waals surface area contributed by atoms with Crippen molar-refractivity contribution < 1.29 is 9.59 Å². The van der Waals surface area contributed by atoms with Crippen LogP contribution in [0.1, 0.15) is 13.8 Å². The maximum Gasteiger partial charge on any atom is 0.240 e. The molecule has 0 heterocycles. The lowest BCUT2D eigenvalue weighted by Crippen LogP contribution is -2.17. The highest BCUT2D eigenvalue weighted by Crippen LogP contribution is 2.23. The number of nitrogens with zero attached hydrogens (tertiary/aromatic N) is 1. The normalized spacial score (nSPS) is 9.53. The van der Waals surface area contributed by atoms with E-state index in [2.05, 4.69) is 10.3 Å². The van der Waals surface area contributed by atoms with Crippen LogP contribution in [-0.4, -0.2) is 12.0 Å². The largest absolute Gasteiger partial charge is 0.324 e. The Kier molecular flexibility index (Phi) is 3.77. The zero-order valence-corrected chi connectivity index (χ0v) is 8.65. The van der Waals surface area contributed by atoms with E-state index >= 15 is 0 Å². The van der Waals surface area contributed by atoms with E-state index in [1.807, 2.05) is 0 Å². The second-order valence-corrected chi connectivity index (χ2v) is 3.36. The smallest absolute Gasteiger partial charge is 0.240 e. The van der Waals surface area contributed by atoms with Gasteiger partial charge in [-0.3, -0.25) is 4.79 Å². The number of hydrogen-bond donors (Lipinski definition) is 1. The van der Waals surface area contributed by atoms with Gasteiger partial charge in [0.2, 0.25) is 12.0 Å². The fourth-order valence-electron chi connectivity index (χ4n) is 1.00. The second kappa shape index (κ2) is 5.08. The van der Waals surface area contributed by atoms with Gasteiger partial charge in [-0.1, -0.05) is 26.0 Å². The van der Waals surface area contributed by atoms with Gasteiger partial charge in [-0.2, -0.15) is 4.99 Å². The van der Waals surface area contributed by atoms with Gasteiger partial charge in [0.25, 0.3) is 0 Å². The summed E-state index contributed by atoms with van der Waals surface area (Å²) in [6, 6.07) is 6.83. The molecule has 0 atom stereocenters. The van der Waals surface area contributed by atoms with Crippen LogP contribution in [0, 0.1) is 5.92 Å². The third-order valence-electron chi connectivity index (χ3n) is 1.85. The highest BCUT2D eigenvalue weighted by molar-refractivity contribution is 5.94. The Bertz CT molecular complexity index is 407. The van der Waals surface area contributed by atoms with Gasteiger partial charge in [-0.25, -0.2) is 4.79 Å². The molecule has 4 nitrogen and oxygen atoms in total. The van der Waals surface area contributed by atoms with Crippen LogP contribution in [0.15, 0.2) is 29.3 Å². The summed E-state index contributed by atoms with van der Waals surface area (Å²) in [6.07, 6.45) is 1.45. The lowest BCUT2D eigenvalue weighted by molar-refractivity contribution is -0.118. The molecule has 78 valence electrons.